The summed E-state index contributed by atoms with van der Waals surface area (Å²) < 4.78 is 13.4. The highest BCUT2D eigenvalue weighted by atomic mass is 16.5. The van der Waals surface area contributed by atoms with Crippen LogP contribution in [0.5, 0.6) is 11.5 Å². The number of ether oxygens (including phenoxy) is 2. The molecule has 4 heteroatoms. The van der Waals surface area contributed by atoms with Crippen LogP contribution in [-0.2, 0) is 0 Å². The highest BCUT2D eigenvalue weighted by Crippen LogP contribution is 2.46. The largest absolute Gasteiger partial charge is 0.455 e. The van der Waals surface area contributed by atoms with Gasteiger partial charge in [0.25, 0.3) is 0 Å². The van der Waals surface area contributed by atoms with E-state index in [1.807, 2.05) is 121 Å². The number of rotatable bonds is 4. The van der Waals surface area contributed by atoms with Gasteiger partial charge < -0.3 is 9.47 Å². The molecule has 2 aliphatic rings. The summed E-state index contributed by atoms with van der Waals surface area (Å²) in [5.74, 6) is 1.34. The minimum atomic E-state index is -0.274. The normalized spacial score (nSPS) is 14.1. The zero-order valence-electron chi connectivity index (χ0n) is 22.3. The molecule has 0 spiro atoms. The van der Waals surface area contributed by atoms with E-state index in [2.05, 4.69) is 0 Å². The molecule has 6 aromatic rings. The van der Waals surface area contributed by atoms with Gasteiger partial charge in [-0.2, -0.15) is 0 Å². The third-order valence-corrected chi connectivity index (χ3v) is 7.91. The minimum Gasteiger partial charge on any atom is -0.455 e. The van der Waals surface area contributed by atoms with Crippen LogP contribution in [0.2, 0.25) is 0 Å². The van der Waals surface area contributed by atoms with E-state index >= 15 is 0 Å². The number of allylic oxidation sites excluding steroid dienone is 2. The van der Waals surface area contributed by atoms with Crippen molar-refractivity contribution in [3.8, 4) is 11.5 Å². The highest BCUT2D eigenvalue weighted by Gasteiger charge is 2.42. The lowest BCUT2D eigenvalue weighted by atomic mass is 9.76. The molecule has 0 atom stereocenters. The van der Waals surface area contributed by atoms with Gasteiger partial charge in [0, 0.05) is 33.0 Å². The van der Waals surface area contributed by atoms with E-state index < -0.39 is 0 Å². The number of hydrogen-bond acceptors (Lipinski definition) is 4. The van der Waals surface area contributed by atoms with E-state index in [4.69, 9.17) is 9.47 Å². The smallest absolute Gasteiger partial charge is 0.198 e. The van der Waals surface area contributed by atoms with Gasteiger partial charge in [0.2, 0.25) is 0 Å². The Morgan fingerprint density at radius 3 is 1.17 bits per heavy atom. The van der Waals surface area contributed by atoms with Gasteiger partial charge >= 0.3 is 0 Å². The van der Waals surface area contributed by atoms with Crippen molar-refractivity contribution in [3.05, 3.63) is 167 Å². The number of Topliss-reactive ketones (excluding diaryl/α,β-unsaturated/α-hetero) is 2. The van der Waals surface area contributed by atoms with Crippen LogP contribution in [0.4, 0.5) is 0 Å². The lowest BCUT2D eigenvalue weighted by Crippen LogP contribution is -2.28. The molecule has 0 aliphatic heterocycles. The predicted molar refractivity (Wildman–Crippen MR) is 165 cm³/mol. The maximum absolute atomic E-state index is 14.3. The molecule has 0 saturated carbocycles. The fourth-order valence-corrected chi connectivity index (χ4v) is 5.96. The topological polar surface area (TPSA) is 52.6 Å². The SMILES string of the molecule is O=C1C2=C(Oc3cccc4ccccc34)c3ccccc3C(=O)C2=C(Oc2cccc3ccccc23)c2ccccc21. The first-order valence-electron chi connectivity index (χ1n) is 13.8. The fraction of sp³-hybridized carbons (Fsp3) is 0. The van der Waals surface area contributed by atoms with Crippen molar-refractivity contribution in [1.82, 2.24) is 0 Å². The molecule has 0 fully saturated rings. The maximum Gasteiger partial charge on any atom is 0.198 e. The van der Waals surface area contributed by atoms with Gasteiger partial charge in [-0.1, -0.05) is 121 Å². The molecule has 0 heterocycles. The summed E-state index contributed by atoms with van der Waals surface area (Å²) in [6.07, 6.45) is 0. The predicted octanol–water partition coefficient (Wildman–Crippen LogP) is 8.67. The van der Waals surface area contributed by atoms with Gasteiger partial charge in [-0.15, -0.1) is 0 Å². The summed E-state index contributed by atoms with van der Waals surface area (Å²) in [6.45, 7) is 0. The van der Waals surface area contributed by atoms with Crippen LogP contribution in [0.15, 0.2) is 145 Å². The molecule has 0 saturated heterocycles. The van der Waals surface area contributed by atoms with Gasteiger partial charge in [-0.25, -0.2) is 0 Å². The van der Waals surface area contributed by atoms with Gasteiger partial charge in [0.1, 0.15) is 23.0 Å². The second-order valence-corrected chi connectivity index (χ2v) is 10.3. The van der Waals surface area contributed by atoms with Gasteiger partial charge in [-0.3, -0.25) is 9.59 Å². The Kier molecular flexibility index (Phi) is 5.41. The van der Waals surface area contributed by atoms with Crippen molar-refractivity contribution < 1.29 is 19.1 Å². The van der Waals surface area contributed by atoms with Gasteiger partial charge in [0.05, 0.1) is 11.1 Å². The Labute approximate surface area is 241 Å². The first-order valence-corrected chi connectivity index (χ1v) is 13.8. The van der Waals surface area contributed by atoms with E-state index in [0.717, 1.165) is 21.5 Å². The average molecular weight is 543 g/mol. The van der Waals surface area contributed by atoms with Gasteiger partial charge in [0.15, 0.2) is 11.6 Å². The standard InChI is InChI=1S/C38H22O4/c39-35-28-18-6-8-20-30(28)38(42-32-22-10-14-24-12-2-4-16-26(24)32)34-33(35)37(29-19-7-5-17-27(29)36(34)40)41-31-21-9-13-23-11-1-3-15-25(23)31/h1-22H. The lowest BCUT2D eigenvalue weighted by molar-refractivity contribution is 0.0989. The minimum absolute atomic E-state index is 0.209. The van der Waals surface area contributed by atoms with Crippen molar-refractivity contribution in [2.24, 2.45) is 0 Å². The second-order valence-electron chi connectivity index (χ2n) is 10.3. The third kappa shape index (κ3) is 3.62. The van der Waals surface area contributed by atoms with Crippen molar-refractivity contribution in [1.29, 1.82) is 0 Å². The Morgan fingerprint density at radius 2 is 0.714 bits per heavy atom. The molecule has 0 radical (unpaired) electrons. The van der Waals surface area contributed by atoms with Crippen LogP contribution >= 0.6 is 0 Å². The number of hydrogen-bond donors (Lipinski definition) is 0. The molecule has 0 aromatic heterocycles. The maximum atomic E-state index is 14.3. The number of benzene rings is 6. The Bertz CT molecular complexity index is 2020. The van der Waals surface area contributed by atoms with Gasteiger partial charge in [-0.05, 0) is 22.9 Å². The molecule has 0 unspecified atom stereocenters. The molecule has 8 rings (SSSR count). The molecule has 42 heavy (non-hydrogen) atoms. The lowest BCUT2D eigenvalue weighted by Gasteiger charge is -2.30. The van der Waals surface area contributed by atoms with Crippen LogP contribution < -0.4 is 9.47 Å². The first-order chi connectivity index (χ1) is 20.7. The monoisotopic (exact) mass is 542 g/mol. The summed E-state index contributed by atoms with van der Waals surface area (Å²) in [5.41, 5.74) is 2.48. The molecular formula is C38H22O4. The Hall–Kier alpha value is -5.74. The molecule has 4 nitrogen and oxygen atoms in total. The molecule has 0 bridgehead atoms. The zero-order chi connectivity index (χ0) is 28.2. The highest BCUT2D eigenvalue weighted by molar-refractivity contribution is 6.34. The summed E-state index contributed by atoms with van der Waals surface area (Å²) >= 11 is 0. The summed E-state index contributed by atoms with van der Waals surface area (Å²) in [4.78, 5) is 28.6. The van der Waals surface area contributed by atoms with E-state index in [1.165, 1.54) is 0 Å². The van der Waals surface area contributed by atoms with E-state index in [0.29, 0.717) is 45.3 Å². The number of carbonyl (C=O) groups excluding carboxylic acids is 2. The summed E-state index contributed by atoms with van der Waals surface area (Å²) in [5, 5.41) is 3.83. The summed E-state index contributed by atoms with van der Waals surface area (Å²) in [6, 6.07) is 42.0. The van der Waals surface area contributed by atoms with E-state index in [1.54, 1.807) is 12.1 Å². The molecule has 6 aromatic carbocycles. The average Bonchev–Trinajstić information content (AvgIpc) is 3.04. The molecule has 198 valence electrons. The summed E-state index contributed by atoms with van der Waals surface area (Å²) in [7, 11) is 0. The third-order valence-electron chi connectivity index (χ3n) is 7.91. The molecule has 2 aliphatic carbocycles. The van der Waals surface area contributed by atoms with Crippen LogP contribution in [0.3, 0.4) is 0 Å². The van der Waals surface area contributed by atoms with E-state index in [-0.39, 0.29) is 22.7 Å². The Morgan fingerprint density at radius 1 is 0.357 bits per heavy atom. The van der Waals surface area contributed by atoms with Crippen LogP contribution in [0.25, 0.3) is 33.1 Å². The van der Waals surface area contributed by atoms with Crippen molar-refractivity contribution in [2.45, 2.75) is 0 Å². The zero-order valence-corrected chi connectivity index (χ0v) is 22.3. The quantitative estimate of drug-likeness (QED) is 0.224. The Balaban J connectivity index is 1.43. The second kappa shape index (κ2) is 9.43. The first kappa shape index (κ1) is 24.1. The van der Waals surface area contributed by atoms with Crippen molar-refractivity contribution in [3.63, 3.8) is 0 Å². The van der Waals surface area contributed by atoms with Crippen molar-refractivity contribution >= 4 is 44.6 Å². The van der Waals surface area contributed by atoms with Crippen molar-refractivity contribution in [2.75, 3.05) is 0 Å². The number of fused-ring (bicyclic) bond motifs is 5. The fourth-order valence-electron chi connectivity index (χ4n) is 5.96. The molecular weight excluding hydrogens is 520 g/mol. The van der Waals surface area contributed by atoms with Crippen LogP contribution in [0, 0.1) is 0 Å². The molecule has 0 amide bonds. The molecule has 0 N–H and O–H groups in total. The van der Waals surface area contributed by atoms with Crippen LogP contribution in [0.1, 0.15) is 31.8 Å². The number of ketones is 2. The van der Waals surface area contributed by atoms with Crippen LogP contribution in [-0.4, -0.2) is 11.6 Å². The van der Waals surface area contributed by atoms with E-state index in [9.17, 15) is 9.59 Å². The number of carbonyl (C=O) groups is 2.